The van der Waals surface area contributed by atoms with Crippen molar-refractivity contribution in [3.63, 3.8) is 0 Å². The molecule has 0 fully saturated rings. The molecule has 0 rings (SSSR count). The monoisotopic (exact) mass is 360 g/mol. The van der Waals surface area contributed by atoms with Crippen molar-refractivity contribution < 1.29 is 20.1 Å². The molecule has 26 heavy (non-hydrogen) atoms. The van der Waals surface area contributed by atoms with Gasteiger partial charge in [-0.1, -0.05) is 92.5 Å². The highest BCUT2D eigenvalue weighted by atomic mass is 16.4. The molecule has 4 nitrogen and oxygen atoms in total. The van der Waals surface area contributed by atoms with E-state index in [2.05, 4.69) is 0 Å². The normalized spacial score (nSPS) is 15.5. The van der Waals surface area contributed by atoms with Crippen LogP contribution in [-0.4, -0.2) is 33.5 Å². The first kappa shape index (κ1) is 23.8. The minimum absolute atomic E-state index is 0.211. The lowest BCUT2D eigenvalue weighted by Gasteiger charge is -2.06. The lowest BCUT2D eigenvalue weighted by Crippen LogP contribution is -2.01. The van der Waals surface area contributed by atoms with Gasteiger partial charge in [0, 0.05) is 6.08 Å². The van der Waals surface area contributed by atoms with Crippen LogP contribution in [0.4, 0.5) is 0 Å². The molecule has 0 heterocycles. The molecule has 144 valence electrons. The minimum atomic E-state index is -0.963. The Kier molecular flexibility index (Phi) is 16.2. The van der Waals surface area contributed by atoms with Gasteiger partial charge in [-0.15, -0.1) is 0 Å². The molecule has 0 bridgehead atoms. The second-order valence-corrected chi connectivity index (χ2v) is 6.03. The number of unbranched alkanes of at least 4 members (excludes halogenated alkanes) is 3. The minimum Gasteiger partial charge on any atom is -0.478 e. The van der Waals surface area contributed by atoms with Gasteiger partial charge in [0.15, 0.2) is 0 Å². The quantitative estimate of drug-likeness (QED) is 0.242. The topological polar surface area (TPSA) is 77.8 Å². The van der Waals surface area contributed by atoms with Crippen molar-refractivity contribution >= 4 is 5.97 Å². The fraction of sp³-hybridized carbons (Fsp3) is 0.409. The van der Waals surface area contributed by atoms with E-state index in [1.165, 1.54) is 6.08 Å². The number of carboxylic acids is 1. The molecule has 3 N–H and O–H groups in total. The summed E-state index contributed by atoms with van der Waals surface area (Å²) < 4.78 is 0. The SMILES string of the molecule is CC(O)CCCCCCC(O)/C=C/C=C/C=C/C=C/C=C/C=C/C(=O)O. The van der Waals surface area contributed by atoms with Gasteiger partial charge < -0.3 is 15.3 Å². The second-order valence-electron chi connectivity index (χ2n) is 6.03. The maximum absolute atomic E-state index is 10.2. The van der Waals surface area contributed by atoms with Crippen LogP contribution >= 0.6 is 0 Å². The maximum atomic E-state index is 10.2. The smallest absolute Gasteiger partial charge is 0.328 e. The molecule has 0 saturated carbocycles. The first-order valence-electron chi connectivity index (χ1n) is 9.13. The Morgan fingerprint density at radius 2 is 1.19 bits per heavy atom. The first-order chi connectivity index (χ1) is 12.5. The first-order valence-corrected chi connectivity index (χ1v) is 9.13. The molecule has 0 radical (unpaired) electrons. The van der Waals surface area contributed by atoms with E-state index in [4.69, 9.17) is 10.2 Å². The van der Waals surface area contributed by atoms with Crippen molar-refractivity contribution in [2.75, 3.05) is 0 Å². The lowest BCUT2D eigenvalue weighted by atomic mass is 10.1. The molecule has 4 heteroatoms. The molecule has 2 unspecified atom stereocenters. The standard InChI is InChI=1S/C22H32O4/c1-20(23)16-12-10-11-14-18-21(24)17-13-8-6-4-2-3-5-7-9-15-19-22(25)26/h2-9,13,15,17,19-21,23-24H,10-12,14,16,18H2,1H3,(H,25,26)/b4-2+,5-3+,8-6+,9-7+,17-13+,19-15+. The van der Waals surface area contributed by atoms with E-state index in [1.54, 1.807) is 24.3 Å². The van der Waals surface area contributed by atoms with Gasteiger partial charge in [0.05, 0.1) is 12.2 Å². The van der Waals surface area contributed by atoms with Crippen molar-refractivity contribution in [2.45, 2.75) is 57.7 Å². The Morgan fingerprint density at radius 1 is 0.731 bits per heavy atom. The summed E-state index contributed by atoms with van der Waals surface area (Å²) in [5.74, 6) is -0.963. The summed E-state index contributed by atoms with van der Waals surface area (Å²) in [5.41, 5.74) is 0. The fourth-order valence-corrected chi connectivity index (χ4v) is 2.09. The zero-order valence-corrected chi connectivity index (χ0v) is 15.6. The number of carboxylic acid groups (broad SMARTS) is 1. The van der Waals surface area contributed by atoms with Crippen molar-refractivity contribution in [3.05, 3.63) is 72.9 Å². The molecule has 0 aromatic rings. The van der Waals surface area contributed by atoms with Gasteiger partial charge in [0.2, 0.25) is 0 Å². The van der Waals surface area contributed by atoms with Crippen molar-refractivity contribution in [1.29, 1.82) is 0 Å². The van der Waals surface area contributed by atoms with E-state index in [0.717, 1.165) is 44.6 Å². The fourth-order valence-electron chi connectivity index (χ4n) is 2.09. The Labute approximate surface area is 157 Å². The van der Waals surface area contributed by atoms with Crippen LogP contribution in [-0.2, 0) is 4.79 Å². The van der Waals surface area contributed by atoms with Crippen molar-refractivity contribution in [1.82, 2.24) is 0 Å². The molecule has 0 aliphatic rings. The third kappa shape index (κ3) is 19.9. The van der Waals surface area contributed by atoms with Crippen LogP contribution in [0.2, 0.25) is 0 Å². The summed E-state index contributed by atoms with van der Waals surface area (Å²) in [5, 5.41) is 27.4. The van der Waals surface area contributed by atoms with Crippen molar-refractivity contribution in [3.8, 4) is 0 Å². The average molecular weight is 360 g/mol. The highest BCUT2D eigenvalue weighted by Crippen LogP contribution is 2.09. The zero-order chi connectivity index (χ0) is 19.5. The Bertz CT molecular complexity index is 522. The third-order valence-corrected chi connectivity index (χ3v) is 3.44. The van der Waals surface area contributed by atoms with Gasteiger partial charge >= 0.3 is 5.97 Å². The maximum Gasteiger partial charge on any atom is 0.328 e. The largest absolute Gasteiger partial charge is 0.478 e. The molecule has 0 spiro atoms. The molecular weight excluding hydrogens is 328 g/mol. The molecule has 0 aliphatic heterocycles. The van der Waals surface area contributed by atoms with E-state index in [1.807, 2.05) is 43.4 Å². The molecule has 0 aromatic heterocycles. The number of hydrogen-bond acceptors (Lipinski definition) is 3. The predicted molar refractivity (Wildman–Crippen MR) is 108 cm³/mol. The molecular formula is C22H32O4. The number of aliphatic hydroxyl groups is 2. The number of rotatable bonds is 14. The second kappa shape index (κ2) is 17.6. The number of aliphatic hydroxyl groups excluding tert-OH is 2. The van der Waals surface area contributed by atoms with Crippen LogP contribution in [0.25, 0.3) is 0 Å². The van der Waals surface area contributed by atoms with Crippen LogP contribution in [0.3, 0.4) is 0 Å². The third-order valence-electron chi connectivity index (χ3n) is 3.44. The zero-order valence-electron chi connectivity index (χ0n) is 15.6. The summed E-state index contributed by atoms with van der Waals surface area (Å²) >= 11 is 0. The summed E-state index contributed by atoms with van der Waals surface area (Å²) in [7, 11) is 0. The highest BCUT2D eigenvalue weighted by molar-refractivity contribution is 5.80. The van der Waals surface area contributed by atoms with Crippen LogP contribution in [0.1, 0.15) is 45.4 Å². The van der Waals surface area contributed by atoms with E-state index in [9.17, 15) is 9.90 Å². The van der Waals surface area contributed by atoms with Gasteiger partial charge in [0.1, 0.15) is 0 Å². The van der Waals surface area contributed by atoms with Crippen molar-refractivity contribution in [2.24, 2.45) is 0 Å². The molecule has 0 aliphatic carbocycles. The summed E-state index contributed by atoms with van der Waals surface area (Å²) in [4.78, 5) is 10.2. The number of aliphatic carboxylic acids is 1. The summed E-state index contributed by atoms with van der Waals surface area (Å²) in [6.45, 7) is 1.81. The van der Waals surface area contributed by atoms with Gasteiger partial charge in [-0.2, -0.15) is 0 Å². The van der Waals surface area contributed by atoms with Gasteiger partial charge in [-0.05, 0) is 19.8 Å². The number of allylic oxidation sites excluding steroid dienone is 10. The van der Waals surface area contributed by atoms with Crippen LogP contribution in [0.5, 0.6) is 0 Å². The van der Waals surface area contributed by atoms with Crippen LogP contribution < -0.4 is 0 Å². The molecule has 2 atom stereocenters. The molecule has 0 aromatic carbocycles. The Morgan fingerprint density at radius 3 is 1.69 bits per heavy atom. The van der Waals surface area contributed by atoms with Gasteiger partial charge in [-0.25, -0.2) is 4.79 Å². The Balaban J connectivity index is 3.77. The summed E-state index contributed by atoms with van der Waals surface area (Å²) in [6, 6.07) is 0. The number of hydrogen-bond donors (Lipinski definition) is 3. The van der Waals surface area contributed by atoms with Gasteiger partial charge in [0.25, 0.3) is 0 Å². The predicted octanol–water partition coefficient (Wildman–Crippen LogP) is 4.49. The lowest BCUT2D eigenvalue weighted by molar-refractivity contribution is -0.131. The van der Waals surface area contributed by atoms with Crippen LogP contribution in [0.15, 0.2) is 72.9 Å². The molecule has 0 amide bonds. The molecule has 0 saturated heterocycles. The van der Waals surface area contributed by atoms with E-state index in [0.29, 0.717) is 0 Å². The van der Waals surface area contributed by atoms with Crippen LogP contribution in [0, 0.1) is 0 Å². The van der Waals surface area contributed by atoms with Gasteiger partial charge in [-0.3, -0.25) is 0 Å². The van der Waals surface area contributed by atoms with E-state index in [-0.39, 0.29) is 6.10 Å². The highest BCUT2D eigenvalue weighted by Gasteiger charge is 1.99. The Hall–Kier alpha value is -2.17. The summed E-state index contributed by atoms with van der Waals surface area (Å²) in [6.07, 6.45) is 25.9. The number of carbonyl (C=O) groups is 1. The average Bonchev–Trinajstić information content (AvgIpc) is 2.58. The van der Waals surface area contributed by atoms with E-state index < -0.39 is 12.1 Å². The van der Waals surface area contributed by atoms with E-state index >= 15 is 0 Å².